The first kappa shape index (κ1) is 24.9. The molecule has 0 saturated heterocycles. The standard InChI is InChI=1S/C34H32Cl2/c1-33(2,3)27-19-21(15-17-29(27)35)31-23-11-7-9-13-25(23)32(26-14-10-8-12-24(26)31)22-16-18-30(36)28(20-22)34(4,5)6/h7-20H,1-6H3. The predicted octanol–water partition coefficient (Wildman–Crippen LogP) is 11.2. The van der Waals surface area contributed by atoms with Crippen molar-refractivity contribution in [1.29, 1.82) is 0 Å². The number of fused-ring (bicyclic) bond motifs is 2. The average Bonchev–Trinajstić information content (AvgIpc) is 2.82. The number of benzene rings is 5. The van der Waals surface area contributed by atoms with Crippen LogP contribution in [0.3, 0.4) is 0 Å². The van der Waals surface area contributed by atoms with E-state index in [2.05, 4.69) is 114 Å². The molecule has 0 N–H and O–H groups in total. The van der Waals surface area contributed by atoms with Crippen LogP contribution in [0, 0.1) is 0 Å². The maximum atomic E-state index is 6.66. The Labute approximate surface area is 224 Å². The Morgan fingerprint density at radius 1 is 0.444 bits per heavy atom. The molecule has 0 bridgehead atoms. The topological polar surface area (TPSA) is 0 Å². The highest BCUT2D eigenvalue weighted by Crippen LogP contribution is 2.46. The van der Waals surface area contributed by atoms with Gasteiger partial charge in [-0.2, -0.15) is 0 Å². The Balaban J connectivity index is 1.91. The summed E-state index contributed by atoms with van der Waals surface area (Å²) in [4.78, 5) is 0. The van der Waals surface area contributed by atoms with Gasteiger partial charge in [-0.05, 0) is 90.0 Å². The first-order chi connectivity index (χ1) is 17.0. The van der Waals surface area contributed by atoms with Crippen molar-refractivity contribution >= 4 is 44.7 Å². The molecule has 0 heterocycles. The van der Waals surface area contributed by atoms with Crippen molar-refractivity contribution in [3.05, 3.63) is 106 Å². The van der Waals surface area contributed by atoms with Crippen LogP contribution in [0.25, 0.3) is 43.8 Å². The summed E-state index contributed by atoms with van der Waals surface area (Å²) >= 11 is 13.3. The SMILES string of the molecule is CC(C)(C)c1cc(-c2c3ccccc3c(-c3ccc(Cl)c(C(C)(C)C)c3)c3ccccc23)ccc1Cl. The normalized spacial score (nSPS) is 12.4. The van der Waals surface area contributed by atoms with Crippen molar-refractivity contribution in [3.8, 4) is 22.3 Å². The lowest BCUT2D eigenvalue weighted by Gasteiger charge is -2.24. The summed E-state index contributed by atoms with van der Waals surface area (Å²) < 4.78 is 0. The lowest BCUT2D eigenvalue weighted by Crippen LogP contribution is -2.12. The maximum Gasteiger partial charge on any atom is 0.0443 e. The van der Waals surface area contributed by atoms with E-state index in [-0.39, 0.29) is 10.8 Å². The molecular formula is C34H32Cl2. The predicted molar refractivity (Wildman–Crippen MR) is 160 cm³/mol. The zero-order chi connectivity index (χ0) is 25.8. The molecule has 182 valence electrons. The van der Waals surface area contributed by atoms with Crippen LogP contribution in [0.15, 0.2) is 84.9 Å². The van der Waals surface area contributed by atoms with Gasteiger partial charge < -0.3 is 0 Å². The van der Waals surface area contributed by atoms with Crippen LogP contribution in [0.1, 0.15) is 52.7 Å². The quantitative estimate of drug-likeness (QED) is 0.207. The molecule has 0 aromatic heterocycles. The van der Waals surface area contributed by atoms with Crippen molar-refractivity contribution in [2.24, 2.45) is 0 Å². The Morgan fingerprint density at radius 3 is 1.03 bits per heavy atom. The minimum atomic E-state index is -0.0503. The molecule has 0 radical (unpaired) electrons. The second-order valence-electron chi connectivity index (χ2n) is 11.7. The molecule has 5 aromatic carbocycles. The van der Waals surface area contributed by atoms with Gasteiger partial charge in [-0.15, -0.1) is 0 Å². The number of halogens is 2. The third kappa shape index (κ3) is 4.32. The van der Waals surface area contributed by atoms with Gasteiger partial charge in [0.25, 0.3) is 0 Å². The Hall–Kier alpha value is -2.80. The molecular weight excluding hydrogens is 479 g/mol. The first-order valence-corrected chi connectivity index (χ1v) is 13.3. The van der Waals surface area contributed by atoms with E-state index in [1.807, 2.05) is 12.1 Å². The zero-order valence-electron chi connectivity index (χ0n) is 21.8. The fourth-order valence-electron chi connectivity index (χ4n) is 5.26. The molecule has 0 amide bonds. The first-order valence-electron chi connectivity index (χ1n) is 12.5. The molecule has 0 spiro atoms. The van der Waals surface area contributed by atoms with Crippen molar-refractivity contribution in [1.82, 2.24) is 0 Å². The van der Waals surface area contributed by atoms with Crippen molar-refractivity contribution in [3.63, 3.8) is 0 Å². The summed E-state index contributed by atoms with van der Waals surface area (Å²) in [7, 11) is 0. The summed E-state index contributed by atoms with van der Waals surface area (Å²) in [5, 5.41) is 6.57. The molecule has 0 saturated carbocycles. The van der Waals surface area contributed by atoms with Crippen LogP contribution in [0.2, 0.25) is 10.0 Å². The molecule has 0 aliphatic heterocycles. The molecule has 0 aliphatic carbocycles. The number of hydrogen-bond acceptors (Lipinski definition) is 0. The lowest BCUT2D eigenvalue weighted by molar-refractivity contribution is 0.590. The highest BCUT2D eigenvalue weighted by molar-refractivity contribution is 6.32. The summed E-state index contributed by atoms with van der Waals surface area (Å²) in [5.74, 6) is 0. The molecule has 2 heteroatoms. The van der Waals surface area contributed by atoms with E-state index in [4.69, 9.17) is 23.2 Å². The fourth-order valence-corrected chi connectivity index (χ4v) is 6.06. The van der Waals surface area contributed by atoms with Crippen LogP contribution in [0.5, 0.6) is 0 Å². The van der Waals surface area contributed by atoms with E-state index in [0.29, 0.717) is 0 Å². The van der Waals surface area contributed by atoms with Crippen LogP contribution >= 0.6 is 23.2 Å². The van der Waals surface area contributed by atoms with E-state index in [1.54, 1.807) is 0 Å². The van der Waals surface area contributed by atoms with E-state index in [0.717, 1.165) is 21.2 Å². The second-order valence-corrected chi connectivity index (χ2v) is 12.5. The fraction of sp³-hybridized carbons (Fsp3) is 0.235. The van der Waals surface area contributed by atoms with Crippen LogP contribution in [0.4, 0.5) is 0 Å². The Kier molecular flexibility index (Phi) is 6.18. The third-order valence-corrected chi connectivity index (χ3v) is 7.72. The summed E-state index contributed by atoms with van der Waals surface area (Å²) in [6.07, 6.45) is 0. The Bertz CT molecular complexity index is 1430. The molecule has 0 nitrogen and oxygen atoms in total. The molecule has 0 atom stereocenters. The molecule has 5 aromatic rings. The van der Waals surface area contributed by atoms with Gasteiger partial charge in [-0.1, -0.05) is 125 Å². The smallest absolute Gasteiger partial charge is 0.0443 e. The number of hydrogen-bond donors (Lipinski definition) is 0. The number of rotatable bonds is 2. The molecule has 5 rings (SSSR count). The highest BCUT2D eigenvalue weighted by atomic mass is 35.5. The summed E-state index contributed by atoms with van der Waals surface area (Å²) in [5.41, 5.74) is 7.09. The average molecular weight is 512 g/mol. The second kappa shape index (κ2) is 8.94. The van der Waals surface area contributed by atoms with E-state index < -0.39 is 0 Å². The van der Waals surface area contributed by atoms with Crippen molar-refractivity contribution in [2.75, 3.05) is 0 Å². The van der Waals surface area contributed by atoms with Crippen LogP contribution < -0.4 is 0 Å². The molecule has 0 aliphatic rings. The monoisotopic (exact) mass is 510 g/mol. The largest absolute Gasteiger partial charge is 0.0840 e. The van der Waals surface area contributed by atoms with Gasteiger partial charge in [-0.3, -0.25) is 0 Å². The van der Waals surface area contributed by atoms with E-state index in [9.17, 15) is 0 Å². The minimum Gasteiger partial charge on any atom is -0.0840 e. The molecule has 36 heavy (non-hydrogen) atoms. The minimum absolute atomic E-state index is 0.0503. The van der Waals surface area contributed by atoms with Gasteiger partial charge in [0.2, 0.25) is 0 Å². The lowest BCUT2D eigenvalue weighted by atomic mass is 9.81. The maximum absolute atomic E-state index is 6.66. The van der Waals surface area contributed by atoms with Crippen molar-refractivity contribution in [2.45, 2.75) is 52.4 Å². The summed E-state index contributed by atoms with van der Waals surface area (Å²) in [6.45, 7) is 13.3. The van der Waals surface area contributed by atoms with Crippen LogP contribution in [-0.4, -0.2) is 0 Å². The van der Waals surface area contributed by atoms with Gasteiger partial charge in [0.05, 0.1) is 0 Å². The van der Waals surface area contributed by atoms with Gasteiger partial charge in [0.15, 0.2) is 0 Å². The van der Waals surface area contributed by atoms with E-state index in [1.165, 1.54) is 43.8 Å². The highest BCUT2D eigenvalue weighted by Gasteiger charge is 2.23. The van der Waals surface area contributed by atoms with Crippen LogP contribution in [-0.2, 0) is 10.8 Å². The zero-order valence-corrected chi connectivity index (χ0v) is 23.4. The Morgan fingerprint density at radius 2 is 0.750 bits per heavy atom. The summed E-state index contributed by atoms with van der Waals surface area (Å²) in [6, 6.07) is 30.5. The van der Waals surface area contributed by atoms with Gasteiger partial charge in [0.1, 0.15) is 0 Å². The van der Waals surface area contributed by atoms with Gasteiger partial charge in [-0.25, -0.2) is 0 Å². The van der Waals surface area contributed by atoms with Crippen molar-refractivity contribution < 1.29 is 0 Å². The third-order valence-electron chi connectivity index (χ3n) is 7.06. The van der Waals surface area contributed by atoms with Gasteiger partial charge >= 0.3 is 0 Å². The van der Waals surface area contributed by atoms with Gasteiger partial charge in [0, 0.05) is 10.0 Å². The molecule has 0 unspecified atom stereocenters. The molecule has 0 fully saturated rings. The van der Waals surface area contributed by atoms with E-state index >= 15 is 0 Å².